The number of aromatic nitrogens is 2. The molecule has 0 radical (unpaired) electrons. The highest BCUT2D eigenvalue weighted by molar-refractivity contribution is 5.04. The van der Waals surface area contributed by atoms with Gasteiger partial charge in [0.1, 0.15) is 5.60 Å². The second-order valence-corrected chi connectivity index (χ2v) is 5.28. The van der Waals surface area contributed by atoms with Gasteiger partial charge >= 0.3 is 0 Å². The monoisotopic (exact) mass is 253 g/mol. The van der Waals surface area contributed by atoms with Crippen LogP contribution in [0, 0.1) is 0 Å². The first-order valence-electron chi connectivity index (χ1n) is 6.78. The van der Waals surface area contributed by atoms with E-state index in [-0.39, 0.29) is 5.60 Å². The molecule has 0 amide bonds. The van der Waals surface area contributed by atoms with Gasteiger partial charge in [0.15, 0.2) is 0 Å². The van der Waals surface area contributed by atoms with Crippen molar-refractivity contribution in [3.05, 3.63) is 11.7 Å². The predicted molar refractivity (Wildman–Crippen MR) is 68.3 cm³/mol. The molecule has 2 rings (SSSR count). The lowest BCUT2D eigenvalue weighted by atomic mass is 10.0. The lowest BCUT2D eigenvalue weighted by molar-refractivity contribution is -0.0178. The molecule has 0 spiro atoms. The molecule has 1 aromatic heterocycles. The van der Waals surface area contributed by atoms with Crippen molar-refractivity contribution in [3.8, 4) is 0 Å². The van der Waals surface area contributed by atoms with E-state index in [2.05, 4.69) is 29.3 Å². The summed E-state index contributed by atoms with van der Waals surface area (Å²) in [7, 11) is 1.74. The number of methoxy groups -OCH3 is 1. The normalized spacial score (nSPS) is 18.7. The maximum absolute atomic E-state index is 5.64. The van der Waals surface area contributed by atoms with Gasteiger partial charge in [-0.15, -0.1) is 0 Å². The summed E-state index contributed by atoms with van der Waals surface area (Å²) in [6.45, 7) is 5.11. The molecule has 18 heavy (non-hydrogen) atoms. The molecule has 0 bridgehead atoms. The average Bonchev–Trinajstić information content (AvgIpc) is 2.97. The summed E-state index contributed by atoms with van der Waals surface area (Å²) in [5.74, 6) is 1.42. The zero-order valence-corrected chi connectivity index (χ0v) is 11.5. The fourth-order valence-corrected chi connectivity index (χ4v) is 2.47. The number of hydrogen-bond acceptors (Lipinski definition) is 5. The first-order valence-corrected chi connectivity index (χ1v) is 6.78. The predicted octanol–water partition coefficient (Wildman–Crippen LogP) is 2.03. The van der Waals surface area contributed by atoms with E-state index in [9.17, 15) is 0 Å². The van der Waals surface area contributed by atoms with Gasteiger partial charge in [0, 0.05) is 26.1 Å². The van der Waals surface area contributed by atoms with Crippen molar-refractivity contribution in [2.24, 2.45) is 0 Å². The van der Waals surface area contributed by atoms with Gasteiger partial charge in [0.25, 0.3) is 0 Å². The third-order valence-electron chi connectivity index (χ3n) is 3.57. The Labute approximate surface area is 108 Å². The van der Waals surface area contributed by atoms with E-state index in [1.807, 2.05) is 0 Å². The summed E-state index contributed by atoms with van der Waals surface area (Å²) < 4.78 is 10.9. The highest BCUT2D eigenvalue weighted by Gasteiger charge is 2.40. The fourth-order valence-electron chi connectivity index (χ4n) is 2.47. The molecule has 102 valence electrons. The molecule has 0 atom stereocenters. The standard InChI is InChI=1S/C13H23N3O2/c1-10(2)14-9-6-11-15-12(16-18-11)13(17-3)7-4-5-8-13/h10,14H,4-9H2,1-3H3. The van der Waals surface area contributed by atoms with Gasteiger partial charge in [0.05, 0.1) is 0 Å². The molecular formula is C13H23N3O2. The maximum atomic E-state index is 5.64. The van der Waals surface area contributed by atoms with Gasteiger partial charge in [-0.05, 0) is 25.7 Å². The van der Waals surface area contributed by atoms with Crippen LogP contribution in [-0.4, -0.2) is 29.8 Å². The van der Waals surface area contributed by atoms with Crippen molar-refractivity contribution >= 4 is 0 Å². The second kappa shape index (κ2) is 5.80. The van der Waals surface area contributed by atoms with Gasteiger partial charge in [-0.2, -0.15) is 4.98 Å². The Balaban J connectivity index is 1.96. The molecule has 0 unspecified atom stereocenters. The van der Waals surface area contributed by atoms with Crippen LogP contribution in [-0.2, 0) is 16.8 Å². The van der Waals surface area contributed by atoms with Gasteiger partial charge < -0.3 is 14.6 Å². The smallest absolute Gasteiger partial charge is 0.228 e. The molecule has 1 aliphatic carbocycles. The van der Waals surface area contributed by atoms with Gasteiger partial charge in [-0.1, -0.05) is 19.0 Å². The quantitative estimate of drug-likeness (QED) is 0.840. The van der Waals surface area contributed by atoms with Crippen LogP contribution in [0.25, 0.3) is 0 Å². The number of nitrogens with zero attached hydrogens (tertiary/aromatic N) is 2. The summed E-state index contributed by atoms with van der Waals surface area (Å²) in [5, 5.41) is 7.44. The summed E-state index contributed by atoms with van der Waals surface area (Å²) in [6.07, 6.45) is 5.10. The van der Waals surface area contributed by atoms with Gasteiger partial charge in [-0.25, -0.2) is 0 Å². The Morgan fingerprint density at radius 2 is 2.11 bits per heavy atom. The highest BCUT2D eigenvalue weighted by atomic mass is 16.5. The first-order chi connectivity index (χ1) is 8.66. The molecule has 0 aliphatic heterocycles. The van der Waals surface area contributed by atoms with Crippen molar-refractivity contribution in [2.75, 3.05) is 13.7 Å². The lowest BCUT2D eigenvalue weighted by Crippen LogP contribution is -2.26. The van der Waals surface area contributed by atoms with Crippen LogP contribution in [0.2, 0.25) is 0 Å². The van der Waals surface area contributed by atoms with E-state index >= 15 is 0 Å². The van der Waals surface area contributed by atoms with E-state index in [1.54, 1.807) is 7.11 Å². The SMILES string of the molecule is COC1(c2noc(CCNC(C)C)n2)CCCC1. The summed E-state index contributed by atoms with van der Waals surface area (Å²) in [4.78, 5) is 4.49. The highest BCUT2D eigenvalue weighted by Crippen LogP contribution is 2.40. The van der Waals surface area contributed by atoms with Crippen LogP contribution in [0.4, 0.5) is 0 Å². The number of hydrogen-bond donors (Lipinski definition) is 1. The Morgan fingerprint density at radius 1 is 1.39 bits per heavy atom. The summed E-state index contributed by atoms with van der Waals surface area (Å²) >= 11 is 0. The minimum atomic E-state index is -0.298. The van der Waals surface area contributed by atoms with Crippen molar-refractivity contribution in [1.29, 1.82) is 0 Å². The van der Waals surface area contributed by atoms with Crippen molar-refractivity contribution in [3.63, 3.8) is 0 Å². The van der Waals surface area contributed by atoms with Crippen molar-refractivity contribution in [1.82, 2.24) is 15.5 Å². The maximum Gasteiger partial charge on any atom is 0.228 e. The molecule has 1 aliphatic rings. The molecular weight excluding hydrogens is 230 g/mol. The van der Waals surface area contributed by atoms with E-state index in [0.29, 0.717) is 11.9 Å². The van der Waals surface area contributed by atoms with Gasteiger partial charge in [-0.3, -0.25) is 0 Å². The van der Waals surface area contributed by atoms with Gasteiger partial charge in [0.2, 0.25) is 11.7 Å². The minimum absolute atomic E-state index is 0.298. The first kappa shape index (κ1) is 13.5. The van der Waals surface area contributed by atoms with Crippen molar-refractivity contribution < 1.29 is 9.26 Å². The molecule has 1 heterocycles. The van der Waals surface area contributed by atoms with Crippen LogP contribution in [0.5, 0.6) is 0 Å². The lowest BCUT2D eigenvalue weighted by Gasteiger charge is -2.22. The van der Waals surface area contributed by atoms with Crippen LogP contribution in [0.15, 0.2) is 4.52 Å². The molecule has 1 saturated carbocycles. The average molecular weight is 253 g/mol. The Morgan fingerprint density at radius 3 is 2.72 bits per heavy atom. The summed E-state index contributed by atoms with van der Waals surface area (Å²) in [5.41, 5.74) is -0.298. The van der Waals surface area contributed by atoms with E-state index < -0.39 is 0 Å². The molecule has 1 fully saturated rings. The molecule has 5 heteroatoms. The van der Waals surface area contributed by atoms with E-state index in [4.69, 9.17) is 9.26 Å². The third kappa shape index (κ3) is 2.90. The van der Waals surface area contributed by atoms with Crippen LogP contribution < -0.4 is 5.32 Å². The zero-order chi connectivity index (χ0) is 13.0. The molecule has 5 nitrogen and oxygen atoms in total. The van der Waals surface area contributed by atoms with E-state index in [1.165, 1.54) is 12.8 Å². The minimum Gasteiger partial charge on any atom is -0.370 e. The number of rotatable bonds is 6. The second-order valence-electron chi connectivity index (χ2n) is 5.28. The number of nitrogens with one attached hydrogen (secondary N) is 1. The Bertz CT molecular complexity index is 370. The van der Waals surface area contributed by atoms with Crippen molar-refractivity contribution in [2.45, 2.75) is 57.6 Å². The zero-order valence-electron chi connectivity index (χ0n) is 11.5. The Hall–Kier alpha value is -0.940. The largest absolute Gasteiger partial charge is 0.370 e. The van der Waals surface area contributed by atoms with Crippen LogP contribution in [0.3, 0.4) is 0 Å². The Kier molecular flexibility index (Phi) is 4.35. The topological polar surface area (TPSA) is 60.2 Å². The molecule has 1 N–H and O–H groups in total. The van der Waals surface area contributed by atoms with Crippen LogP contribution in [0.1, 0.15) is 51.2 Å². The molecule has 0 saturated heterocycles. The molecule has 1 aromatic rings. The third-order valence-corrected chi connectivity index (χ3v) is 3.57. The van der Waals surface area contributed by atoms with E-state index in [0.717, 1.165) is 31.6 Å². The number of ether oxygens (including phenoxy) is 1. The van der Waals surface area contributed by atoms with Crippen LogP contribution >= 0.6 is 0 Å². The fraction of sp³-hybridized carbons (Fsp3) is 0.846. The molecule has 0 aromatic carbocycles. The summed E-state index contributed by atoms with van der Waals surface area (Å²) in [6, 6.07) is 0.479.